The van der Waals surface area contributed by atoms with Gasteiger partial charge in [-0.25, -0.2) is 0 Å². The average Bonchev–Trinajstić information content (AvgIpc) is 3.33. The van der Waals surface area contributed by atoms with E-state index in [1.54, 1.807) is 0 Å². The van der Waals surface area contributed by atoms with Crippen molar-refractivity contribution in [2.24, 2.45) is 0 Å². The first-order chi connectivity index (χ1) is 14.9. The van der Waals surface area contributed by atoms with Crippen LogP contribution in [0.3, 0.4) is 0 Å². The Bertz CT molecular complexity index is 1600. The fourth-order valence-electron chi connectivity index (χ4n) is 5.25. The van der Waals surface area contributed by atoms with Crippen molar-refractivity contribution in [2.75, 3.05) is 0 Å². The van der Waals surface area contributed by atoms with E-state index in [2.05, 4.69) is 108 Å². The molecule has 0 saturated carbocycles. The van der Waals surface area contributed by atoms with Gasteiger partial charge in [0, 0.05) is 21.8 Å². The Hall–Kier alpha value is -3.84. The molecule has 0 spiro atoms. The van der Waals surface area contributed by atoms with E-state index < -0.39 is 0 Å². The lowest BCUT2D eigenvalue weighted by atomic mass is 10.0. The molecule has 1 nitrogen and oxygen atoms in total. The van der Waals surface area contributed by atoms with Crippen LogP contribution in [0.25, 0.3) is 49.4 Å². The molecule has 1 aliphatic rings. The number of hydrogen-bond acceptors (Lipinski definition) is 0. The summed E-state index contributed by atoms with van der Waals surface area (Å²) in [6.45, 7) is 0. The van der Waals surface area contributed by atoms with Gasteiger partial charge < -0.3 is 4.57 Å². The first kappa shape index (κ1) is 16.0. The van der Waals surface area contributed by atoms with Crippen molar-refractivity contribution < 1.29 is 0 Å². The maximum absolute atomic E-state index is 2.45. The van der Waals surface area contributed by atoms with Crippen molar-refractivity contribution in [3.63, 3.8) is 0 Å². The maximum atomic E-state index is 2.45. The lowest BCUT2D eigenvalue weighted by Crippen LogP contribution is -1.94. The van der Waals surface area contributed by atoms with E-state index >= 15 is 0 Å². The third-order valence-corrected chi connectivity index (χ3v) is 6.58. The van der Waals surface area contributed by atoms with E-state index in [0.717, 1.165) is 6.42 Å². The Labute approximate surface area is 174 Å². The Kier molecular flexibility index (Phi) is 3.12. The summed E-state index contributed by atoms with van der Waals surface area (Å²) in [6.07, 6.45) is 1.01. The number of hydrogen-bond donors (Lipinski definition) is 0. The van der Waals surface area contributed by atoms with Crippen LogP contribution < -0.4 is 0 Å². The molecule has 0 atom stereocenters. The van der Waals surface area contributed by atoms with Crippen molar-refractivity contribution >= 4 is 32.6 Å². The lowest BCUT2D eigenvalue weighted by Gasteiger charge is -2.10. The van der Waals surface area contributed by atoms with Crippen LogP contribution in [0.4, 0.5) is 0 Å². The quantitative estimate of drug-likeness (QED) is 0.277. The van der Waals surface area contributed by atoms with Gasteiger partial charge in [0.25, 0.3) is 0 Å². The summed E-state index contributed by atoms with van der Waals surface area (Å²) < 4.78 is 2.45. The number of fused-ring (bicyclic) bond motifs is 8. The Balaban J connectivity index is 1.69. The second kappa shape index (κ2) is 5.84. The predicted molar refractivity (Wildman–Crippen MR) is 127 cm³/mol. The second-order valence-corrected chi connectivity index (χ2v) is 8.21. The van der Waals surface area contributed by atoms with Gasteiger partial charge in [-0.1, -0.05) is 78.9 Å². The van der Waals surface area contributed by atoms with Crippen molar-refractivity contribution in [3.8, 4) is 16.8 Å². The molecule has 5 aromatic carbocycles. The molecule has 0 unspecified atom stereocenters. The number of rotatable bonds is 1. The highest BCUT2D eigenvalue weighted by Gasteiger charge is 2.22. The molecule has 0 amide bonds. The van der Waals surface area contributed by atoms with E-state index in [1.807, 2.05) is 0 Å². The van der Waals surface area contributed by atoms with Crippen molar-refractivity contribution in [3.05, 3.63) is 114 Å². The highest BCUT2D eigenvalue weighted by Crippen LogP contribution is 2.43. The average molecular weight is 381 g/mol. The molecule has 1 aromatic heterocycles. The smallest absolute Gasteiger partial charge is 0.0619 e. The molecule has 0 fully saturated rings. The molecular weight excluding hydrogens is 362 g/mol. The summed E-state index contributed by atoms with van der Waals surface area (Å²) in [7, 11) is 0. The molecule has 0 N–H and O–H groups in total. The van der Waals surface area contributed by atoms with E-state index in [9.17, 15) is 0 Å². The van der Waals surface area contributed by atoms with E-state index in [0.29, 0.717) is 0 Å². The van der Waals surface area contributed by atoms with E-state index in [1.165, 1.54) is 60.5 Å². The lowest BCUT2D eigenvalue weighted by molar-refractivity contribution is 1.18. The number of benzene rings is 5. The fourth-order valence-corrected chi connectivity index (χ4v) is 5.25. The van der Waals surface area contributed by atoms with Gasteiger partial charge in [-0.05, 0) is 58.3 Å². The molecule has 0 bridgehead atoms. The zero-order valence-corrected chi connectivity index (χ0v) is 16.5. The van der Waals surface area contributed by atoms with Crippen LogP contribution in [0.5, 0.6) is 0 Å². The molecule has 1 heterocycles. The predicted octanol–water partition coefficient (Wildman–Crippen LogP) is 7.51. The van der Waals surface area contributed by atoms with Crippen molar-refractivity contribution in [1.29, 1.82) is 0 Å². The Morgan fingerprint density at radius 3 is 2.27 bits per heavy atom. The normalized spacial score (nSPS) is 12.5. The highest BCUT2D eigenvalue weighted by molar-refractivity contribution is 6.19. The van der Waals surface area contributed by atoms with Gasteiger partial charge in [0.05, 0.1) is 11.0 Å². The third-order valence-electron chi connectivity index (χ3n) is 6.58. The van der Waals surface area contributed by atoms with Crippen LogP contribution in [0.15, 0.2) is 103 Å². The molecule has 140 valence electrons. The van der Waals surface area contributed by atoms with Gasteiger partial charge >= 0.3 is 0 Å². The van der Waals surface area contributed by atoms with Crippen LogP contribution >= 0.6 is 0 Å². The number of nitrogens with zero attached hydrogens (tertiary/aromatic N) is 1. The SMILES string of the molecule is c1ccc(-n2c3cc4c(cc3c3ccc5ccccc5c32)-c2ccccc2C4)cc1. The molecule has 0 aliphatic heterocycles. The van der Waals surface area contributed by atoms with Crippen molar-refractivity contribution in [2.45, 2.75) is 6.42 Å². The van der Waals surface area contributed by atoms with Gasteiger partial charge in [-0.2, -0.15) is 0 Å². The van der Waals surface area contributed by atoms with Gasteiger partial charge in [0.1, 0.15) is 0 Å². The number of para-hydroxylation sites is 1. The summed E-state index contributed by atoms with van der Waals surface area (Å²) in [5.41, 5.74) is 9.43. The van der Waals surface area contributed by atoms with Gasteiger partial charge in [-0.15, -0.1) is 0 Å². The van der Waals surface area contributed by atoms with Crippen LogP contribution in [0, 0.1) is 0 Å². The molecular formula is C29H19N. The molecule has 0 radical (unpaired) electrons. The summed E-state index contributed by atoms with van der Waals surface area (Å²) in [5, 5.41) is 5.23. The molecule has 30 heavy (non-hydrogen) atoms. The zero-order valence-electron chi connectivity index (χ0n) is 16.5. The number of aromatic nitrogens is 1. The molecule has 6 aromatic rings. The summed E-state index contributed by atoms with van der Waals surface area (Å²) in [6, 6.07) is 37.7. The van der Waals surface area contributed by atoms with Crippen LogP contribution in [0.1, 0.15) is 11.1 Å². The summed E-state index contributed by atoms with van der Waals surface area (Å²) in [5.74, 6) is 0. The first-order valence-electron chi connectivity index (χ1n) is 10.5. The molecule has 1 heteroatoms. The standard InChI is InChI=1S/C29H19N/c1-2-10-22(11-3-1)30-28-17-21-16-20-9-5-6-12-23(20)26(21)18-27(28)25-15-14-19-8-4-7-13-24(19)29(25)30/h1-15,17-18H,16H2. The summed E-state index contributed by atoms with van der Waals surface area (Å²) >= 11 is 0. The minimum atomic E-state index is 1.01. The Morgan fingerprint density at radius 2 is 1.33 bits per heavy atom. The third kappa shape index (κ3) is 2.07. The topological polar surface area (TPSA) is 4.93 Å². The second-order valence-electron chi connectivity index (χ2n) is 8.21. The fraction of sp³-hybridized carbons (Fsp3) is 0.0345. The van der Waals surface area contributed by atoms with Crippen LogP contribution in [-0.4, -0.2) is 4.57 Å². The van der Waals surface area contributed by atoms with Gasteiger partial charge in [-0.3, -0.25) is 0 Å². The Morgan fingerprint density at radius 1 is 0.533 bits per heavy atom. The minimum absolute atomic E-state index is 1.01. The van der Waals surface area contributed by atoms with Crippen LogP contribution in [0.2, 0.25) is 0 Å². The maximum Gasteiger partial charge on any atom is 0.0619 e. The van der Waals surface area contributed by atoms with Crippen LogP contribution in [-0.2, 0) is 6.42 Å². The van der Waals surface area contributed by atoms with E-state index in [4.69, 9.17) is 0 Å². The first-order valence-corrected chi connectivity index (χ1v) is 10.5. The van der Waals surface area contributed by atoms with E-state index in [-0.39, 0.29) is 0 Å². The van der Waals surface area contributed by atoms with Crippen molar-refractivity contribution in [1.82, 2.24) is 4.57 Å². The molecule has 7 rings (SSSR count). The van der Waals surface area contributed by atoms with Gasteiger partial charge in [0.15, 0.2) is 0 Å². The zero-order chi connectivity index (χ0) is 19.7. The largest absolute Gasteiger partial charge is 0.309 e. The van der Waals surface area contributed by atoms with Gasteiger partial charge in [0.2, 0.25) is 0 Å². The minimum Gasteiger partial charge on any atom is -0.309 e. The summed E-state index contributed by atoms with van der Waals surface area (Å²) in [4.78, 5) is 0. The highest BCUT2D eigenvalue weighted by atomic mass is 15.0. The molecule has 1 aliphatic carbocycles. The monoisotopic (exact) mass is 381 g/mol. The molecule has 0 saturated heterocycles.